The molecule has 0 radical (unpaired) electrons. The van der Waals surface area contributed by atoms with Gasteiger partial charge in [0.25, 0.3) is 0 Å². The van der Waals surface area contributed by atoms with E-state index in [1.54, 1.807) is 24.4 Å². The topological polar surface area (TPSA) is 161 Å². The molecule has 1 saturated heterocycles. The van der Waals surface area contributed by atoms with Crippen LogP contribution in [-0.4, -0.2) is 88.0 Å². The number of halogens is 2. The Bertz CT molecular complexity index is 1860. The first kappa shape index (κ1) is 40.2. The predicted octanol–water partition coefficient (Wildman–Crippen LogP) is 5.42. The van der Waals surface area contributed by atoms with Crippen LogP contribution in [0, 0.1) is 18.3 Å². The van der Waals surface area contributed by atoms with Crippen molar-refractivity contribution in [2.75, 3.05) is 46.1 Å². The molecule has 282 valence electrons. The number of piperidine rings is 1. The zero-order valence-corrected chi connectivity index (χ0v) is 31.2. The lowest BCUT2D eigenvalue weighted by Crippen LogP contribution is -2.46. The van der Waals surface area contributed by atoms with Gasteiger partial charge < -0.3 is 44.9 Å². The van der Waals surface area contributed by atoms with Crippen molar-refractivity contribution in [3.8, 4) is 34.4 Å². The molecule has 0 saturated carbocycles. The Hall–Kier alpha value is -3.96. The summed E-state index contributed by atoms with van der Waals surface area (Å²) >= 11 is 13.6. The van der Waals surface area contributed by atoms with Crippen LogP contribution in [0.25, 0.3) is 11.1 Å². The summed E-state index contributed by atoms with van der Waals surface area (Å²) in [6, 6.07) is 18.4. The predicted molar refractivity (Wildman–Crippen MR) is 203 cm³/mol. The summed E-state index contributed by atoms with van der Waals surface area (Å²) in [5.41, 5.74) is 4.55. The number of aliphatic hydroxyl groups is 4. The van der Waals surface area contributed by atoms with E-state index in [0.717, 1.165) is 48.3 Å². The van der Waals surface area contributed by atoms with E-state index in [2.05, 4.69) is 21.3 Å². The minimum Gasteiger partial charge on any atom is -0.492 e. The molecule has 1 aliphatic heterocycles. The van der Waals surface area contributed by atoms with Crippen molar-refractivity contribution < 1.29 is 34.6 Å². The Morgan fingerprint density at radius 2 is 1.64 bits per heavy atom. The Balaban J connectivity index is 1.26. The first-order valence-electron chi connectivity index (χ1n) is 17.6. The van der Waals surface area contributed by atoms with Crippen molar-refractivity contribution in [3.63, 3.8) is 0 Å². The monoisotopic (exact) mass is 764 g/mol. The Morgan fingerprint density at radius 1 is 0.906 bits per heavy atom. The largest absolute Gasteiger partial charge is 0.492 e. The van der Waals surface area contributed by atoms with E-state index < -0.39 is 11.6 Å². The van der Waals surface area contributed by atoms with Crippen molar-refractivity contribution in [1.82, 2.24) is 15.2 Å². The molecule has 3 aromatic carbocycles. The highest BCUT2D eigenvalue weighted by atomic mass is 35.5. The highest BCUT2D eigenvalue weighted by Gasteiger charge is 2.31. The average Bonchev–Trinajstić information content (AvgIpc) is 3.18. The van der Waals surface area contributed by atoms with Gasteiger partial charge >= 0.3 is 0 Å². The molecule has 0 unspecified atom stereocenters. The fourth-order valence-corrected chi connectivity index (χ4v) is 6.65. The van der Waals surface area contributed by atoms with Gasteiger partial charge in [0.2, 0.25) is 0 Å². The maximum absolute atomic E-state index is 10.3. The van der Waals surface area contributed by atoms with Gasteiger partial charge in [-0.1, -0.05) is 53.5 Å². The lowest BCUT2D eigenvalue weighted by atomic mass is 9.92. The molecular formula is C40H46Cl2N4O7. The highest BCUT2D eigenvalue weighted by molar-refractivity contribution is 6.35. The van der Waals surface area contributed by atoms with E-state index >= 15 is 0 Å². The summed E-state index contributed by atoms with van der Waals surface area (Å²) < 4.78 is 18.6. The number of nitrogens with zero attached hydrogens (tertiary/aromatic N) is 3. The van der Waals surface area contributed by atoms with Crippen molar-refractivity contribution in [3.05, 3.63) is 105 Å². The second-order valence-electron chi connectivity index (χ2n) is 13.2. The molecule has 1 aliphatic rings. The summed E-state index contributed by atoms with van der Waals surface area (Å²) in [6.45, 7) is 4.74. The smallest absolute Gasteiger partial charge is 0.142 e. The fraction of sp³-hybridized carbons (Fsp3) is 0.400. The molecule has 5 N–H and O–H groups in total. The van der Waals surface area contributed by atoms with E-state index in [4.69, 9.17) is 37.4 Å². The van der Waals surface area contributed by atoms with Crippen molar-refractivity contribution in [1.29, 1.82) is 5.26 Å². The van der Waals surface area contributed by atoms with Crippen LogP contribution in [0.2, 0.25) is 10.0 Å². The lowest BCUT2D eigenvalue weighted by molar-refractivity contribution is -0.0596. The number of pyridine rings is 1. The molecule has 53 heavy (non-hydrogen) atoms. The third-order valence-corrected chi connectivity index (χ3v) is 10.2. The van der Waals surface area contributed by atoms with Gasteiger partial charge in [-0.2, -0.15) is 5.26 Å². The summed E-state index contributed by atoms with van der Waals surface area (Å²) in [5, 5.41) is 52.0. The number of aromatic nitrogens is 1. The normalized spacial score (nSPS) is 14.2. The molecule has 1 aromatic heterocycles. The molecule has 13 heteroatoms. The number of rotatable bonds is 18. The zero-order chi connectivity index (χ0) is 37.8. The third kappa shape index (κ3) is 10.8. The van der Waals surface area contributed by atoms with Crippen LogP contribution in [0.15, 0.2) is 67.0 Å². The van der Waals surface area contributed by atoms with Crippen LogP contribution in [-0.2, 0) is 19.8 Å². The first-order valence-corrected chi connectivity index (χ1v) is 18.4. The van der Waals surface area contributed by atoms with Crippen molar-refractivity contribution in [2.45, 2.75) is 57.6 Å². The van der Waals surface area contributed by atoms with Crippen LogP contribution >= 0.6 is 23.2 Å². The lowest BCUT2D eigenvalue weighted by Gasteiger charge is -2.36. The maximum Gasteiger partial charge on any atom is 0.142 e. The van der Waals surface area contributed by atoms with Crippen LogP contribution < -0.4 is 19.5 Å². The van der Waals surface area contributed by atoms with Gasteiger partial charge in [0.15, 0.2) is 0 Å². The van der Waals surface area contributed by atoms with Crippen molar-refractivity contribution in [2.24, 2.45) is 0 Å². The number of nitriles is 1. The Labute approximate surface area is 320 Å². The van der Waals surface area contributed by atoms with E-state index in [0.29, 0.717) is 63.4 Å². The Kier molecular flexibility index (Phi) is 14.7. The number of benzene rings is 3. The van der Waals surface area contributed by atoms with Crippen LogP contribution in [0.3, 0.4) is 0 Å². The van der Waals surface area contributed by atoms with Gasteiger partial charge in [-0.05, 0) is 61.1 Å². The van der Waals surface area contributed by atoms with E-state index in [9.17, 15) is 25.7 Å². The number of hydrogen-bond acceptors (Lipinski definition) is 11. The van der Waals surface area contributed by atoms with Crippen LogP contribution in [0.5, 0.6) is 17.2 Å². The second-order valence-corrected chi connectivity index (χ2v) is 14.0. The molecule has 2 heterocycles. The molecule has 0 bridgehead atoms. The van der Waals surface area contributed by atoms with Gasteiger partial charge in [-0.25, -0.2) is 0 Å². The van der Waals surface area contributed by atoms with Gasteiger partial charge in [0.1, 0.15) is 36.5 Å². The highest BCUT2D eigenvalue weighted by Crippen LogP contribution is 2.39. The standard InChI is InChI=1S/C40H46Cl2N4O7/c1-27-30(5-2-6-33(27)34-7-3-8-36(39(34)42)51-14-4-11-46-12-9-40(50,26-49)10-13-46)25-53-38-17-37(52-24-29-15-28(18-43)19-44-20-29)31(16-35(38)41)21-45-32(22-47)23-48/h2-3,5-8,15-17,19-20,32,45,47-50H,4,9-14,21-26H2,1H3. The first-order chi connectivity index (χ1) is 25.7. The van der Waals surface area contributed by atoms with E-state index in [1.807, 2.05) is 43.3 Å². The molecule has 0 aliphatic carbocycles. The number of aliphatic hydroxyl groups excluding tert-OH is 3. The van der Waals surface area contributed by atoms with Gasteiger partial charge in [0.05, 0.1) is 53.7 Å². The summed E-state index contributed by atoms with van der Waals surface area (Å²) in [7, 11) is 0. The average molecular weight is 766 g/mol. The minimum atomic E-state index is -0.961. The molecule has 0 amide bonds. The molecular weight excluding hydrogens is 719 g/mol. The molecule has 1 fully saturated rings. The quantitative estimate of drug-likeness (QED) is 0.0823. The molecule has 11 nitrogen and oxygen atoms in total. The summed E-state index contributed by atoms with van der Waals surface area (Å²) in [4.78, 5) is 6.38. The van der Waals surface area contributed by atoms with E-state index in [1.165, 1.54) is 6.20 Å². The van der Waals surface area contributed by atoms with Gasteiger partial charge in [-0.15, -0.1) is 0 Å². The number of hydrogen-bond donors (Lipinski definition) is 5. The van der Waals surface area contributed by atoms with Gasteiger partial charge in [-0.3, -0.25) is 4.98 Å². The van der Waals surface area contributed by atoms with Gasteiger partial charge in [0, 0.05) is 61.3 Å². The van der Waals surface area contributed by atoms with Crippen LogP contribution in [0.1, 0.15) is 47.1 Å². The summed E-state index contributed by atoms with van der Waals surface area (Å²) in [5.74, 6) is 1.49. The summed E-state index contributed by atoms with van der Waals surface area (Å²) in [6.07, 6.45) is 5.03. The number of likely N-dealkylation sites (tertiary alicyclic amines) is 1. The van der Waals surface area contributed by atoms with Crippen molar-refractivity contribution >= 4 is 23.2 Å². The molecule has 5 rings (SSSR count). The zero-order valence-electron chi connectivity index (χ0n) is 29.7. The van der Waals surface area contributed by atoms with Crippen LogP contribution in [0.4, 0.5) is 0 Å². The second kappa shape index (κ2) is 19.4. The SMILES string of the molecule is Cc1c(COc2cc(OCc3cncc(C#N)c3)c(CNC(CO)CO)cc2Cl)cccc1-c1cccc(OCCCN2CCC(O)(CO)CC2)c1Cl. The minimum absolute atomic E-state index is 0.139. The van der Waals surface area contributed by atoms with E-state index in [-0.39, 0.29) is 39.6 Å². The molecule has 0 atom stereocenters. The maximum atomic E-state index is 10.3. The number of nitrogens with one attached hydrogen (secondary N) is 1. The molecule has 0 spiro atoms. The third-order valence-electron chi connectivity index (χ3n) is 9.50. The number of ether oxygens (including phenoxy) is 3. The Morgan fingerprint density at radius 3 is 2.38 bits per heavy atom. The fourth-order valence-electron chi connectivity index (χ4n) is 6.13. The molecule has 4 aromatic rings.